The minimum Gasteiger partial charge on any atom is -0.115 e. The number of hydrogen-bond donors (Lipinski definition) is 0. The number of rotatable bonds is 12. The third-order valence-corrected chi connectivity index (χ3v) is 18.4. The standard InChI is InChI=1S/C49H77Cl/c1-9-47(31-38-12-11-35(2)42(27-38)33-47)18-10-19-48(21-15-36(3)46(8)20-17-40-13-14-41(40)32-46)23-25-49(26-24-48)22-16-39-28-43(49)34-45(7,30-39)29-37(4)44(5,6)50/h17,38-39,41-43H,2-4,9-16,18-34H2,1,5-8H3. The summed E-state index contributed by atoms with van der Waals surface area (Å²) in [4.78, 5) is -0.298. The summed E-state index contributed by atoms with van der Waals surface area (Å²) in [6.45, 7) is 26.0. The topological polar surface area (TPSA) is 0 Å². The van der Waals surface area contributed by atoms with Gasteiger partial charge in [0.2, 0.25) is 0 Å². The lowest BCUT2D eigenvalue weighted by Crippen LogP contribution is -2.48. The average Bonchev–Trinajstić information content (AvgIpc) is 3.05. The molecule has 0 aliphatic heterocycles. The quantitative estimate of drug-likeness (QED) is 0.140. The molecule has 0 aromatic heterocycles. The Hall–Kier alpha value is -0.750. The van der Waals surface area contributed by atoms with Crippen LogP contribution in [0.5, 0.6) is 0 Å². The molecule has 7 aliphatic rings. The number of hydrogen-bond acceptors (Lipinski definition) is 0. The van der Waals surface area contributed by atoms with Gasteiger partial charge in [-0.3, -0.25) is 0 Å². The normalized spacial score (nSPS) is 44.2. The average molecular weight is 702 g/mol. The van der Waals surface area contributed by atoms with E-state index >= 15 is 0 Å². The van der Waals surface area contributed by atoms with Crippen LogP contribution in [-0.4, -0.2) is 4.87 Å². The van der Waals surface area contributed by atoms with Crippen molar-refractivity contribution in [2.45, 2.75) is 200 Å². The van der Waals surface area contributed by atoms with Crippen molar-refractivity contribution in [1.29, 1.82) is 0 Å². The van der Waals surface area contributed by atoms with Crippen LogP contribution in [0.4, 0.5) is 0 Å². The second kappa shape index (κ2) is 13.8. The molecule has 280 valence electrons. The molecule has 0 radical (unpaired) electrons. The number of fused-ring (bicyclic) bond motifs is 6. The van der Waals surface area contributed by atoms with E-state index in [1.165, 1.54) is 160 Å². The zero-order valence-electron chi connectivity index (χ0n) is 33.6. The molecular formula is C49H77Cl. The van der Waals surface area contributed by atoms with Crippen molar-refractivity contribution >= 4 is 11.6 Å². The third kappa shape index (κ3) is 7.48. The Balaban J connectivity index is 1.05. The maximum absolute atomic E-state index is 6.81. The molecule has 8 unspecified atom stereocenters. The van der Waals surface area contributed by atoms with Crippen molar-refractivity contribution in [3.8, 4) is 0 Å². The summed E-state index contributed by atoms with van der Waals surface area (Å²) in [7, 11) is 0. The lowest BCUT2D eigenvalue weighted by molar-refractivity contribution is -0.0751. The van der Waals surface area contributed by atoms with Crippen molar-refractivity contribution < 1.29 is 0 Å². The molecule has 0 saturated heterocycles. The van der Waals surface area contributed by atoms with Gasteiger partial charge in [0.25, 0.3) is 0 Å². The summed E-state index contributed by atoms with van der Waals surface area (Å²) in [5.41, 5.74) is 8.59. The van der Waals surface area contributed by atoms with Gasteiger partial charge in [-0.2, -0.15) is 0 Å². The van der Waals surface area contributed by atoms with Crippen LogP contribution in [0.15, 0.2) is 48.1 Å². The molecular weight excluding hydrogens is 624 g/mol. The van der Waals surface area contributed by atoms with Crippen LogP contribution in [0.1, 0.15) is 195 Å². The van der Waals surface area contributed by atoms with Crippen molar-refractivity contribution in [3.05, 3.63) is 48.1 Å². The summed E-state index contributed by atoms with van der Waals surface area (Å²) < 4.78 is 0. The van der Waals surface area contributed by atoms with Crippen LogP contribution >= 0.6 is 11.6 Å². The zero-order valence-corrected chi connectivity index (χ0v) is 34.4. The largest absolute Gasteiger partial charge is 0.115 e. The smallest absolute Gasteiger partial charge is 0.0596 e. The molecule has 0 N–H and O–H groups in total. The predicted octanol–water partition coefficient (Wildman–Crippen LogP) is 15.5. The van der Waals surface area contributed by atoms with Crippen LogP contribution in [0.3, 0.4) is 0 Å². The molecule has 7 rings (SSSR count). The number of halogens is 1. The fraction of sp³-hybridized carbons (Fsp3) is 0.837. The van der Waals surface area contributed by atoms with Gasteiger partial charge in [-0.1, -0.05) is 81.7 Å². The van der Waals surface area contributed by atoms with Crippen LogP contribution in [0, 0.1) is 56.7 Å². The SMILES string of the molecule is C=C1CCC2CC1CC(CC)(CCCC1(CCC(=C)C3(C)CC=C4CCC4C3)CCC3(CCC4CC3CC(C)(CC(=C)C(C)(C)Cl)C4)CC1)C2. The lowest BCUT2D eigenvalue weighted by Gasteiger charge is -2.59. The Morgan fingerprint density at radius 1 is 0.820 bits per heavy atom. The maximum Gasteiger partial charge on any atom is 0.0596 e. The molecule has 6 fully saturated rings. The van der Waals surface area contributed by atoms with Crippen LogP contribution in [0.25, 0.3) is 0 Å². The molecule has 1 spiro atoms. The predicted molar refractivity (Wildman–Crippen MR) is 217 cm³/mol. The molecule has 0 amide bonds. The Morgan fingerprint density at radius 2 is 1.56 bits per heavy atom. The minimum absolute atomic E-state index is 0.298. The van der Waals surface area contributed by atoms with E-state index in [0.717, 1.165) is 36.0 Å². The fourth-order valence-corrected chi connectivity index (χ4v) is 14.3. The van der Waals surface area contributed by atoms with Crippen LogP contribution < -0.4 is 0 Å². The first-order valence-corrected chi connectivity index (χ1v) is 22.4. The zero-order chi connectivity index (χ0) is 35.6. The van der Waals surface area contributed by atoms with E-state index in [1.807, 2.05) is 0 Å². The Bertz CT molecular complexity index is 1330. The van der Waals surface area contributed by atoms with Gasteiger partial charge in [-0.25, -0.2) is 0 Å². The van der Waals surface area contributed by atoms with Crippen LogP contribution in [0.2, 0.25) is 0 Å². The molecule has 1 heteroatoms. The minimum atomic E-state index is -0.298. The van der Waals surface area contributed by atoms with Gasteiger partial charge in [0.05, 0.1) is 4.87 Å². The second-order valence-electron chi connectivity index (χ2n) is 21.9. The highest BCUT2D eigenvalue weighted by molar-refractivity contribution is 6.25. The van der Waals surface area contributed by atoms with E-state index in [2.05, 4.69) is 53.9 Å². The Morgan fingerprint density at radius 3 is 2.24 bits per heavy atom. The highest BCUT2D eigenvalue weighted by Crippen LogP contribution is 2.65. The van der Waals surface area contributed by atoms with Gasteiger partial charge in [-0.05, 0) is 218 Å². The second-order valence-corrected chi connectivity index (χ2v) is 22.8. The van der Waals surface area contributed by atoms with E-state index in [1.54, 1.807) is 16.7 Å². The van der Waals surface area contributed by atoms with Crippen LogP contribution in [-0.2, 0) is 0 Å². The maximum atomic E-state index is 6.81. The molecule has 0 aromatic rings. The van der Waals surface area contributed by atoms with E-state index in [9.17, 15) is 0 Å². The van der Waals surface area contributed by atoms with Crippen molar-refractivity contribution in [3.63, 3.8) is 0 Å². The number of alkyl halides is 1. The Labute approximate surface area is 315 Å². The lowest BCUT2D eigenvalue weighted by atomic mass is 9.46. The molecule has 6 saturated carbocycles. The van der Waals surface area contributed by atoms with Crippen molar-refractivity contribution in [2.75, 3.05) is 0 Å². The molecule has 8 atom stereocenters. The van der Waals surface area contributed by atoms with Gasteiger partial charge >= 0.3 is 0 Å². The first-order valence-electron chi connectivity index (χ1n) is 22.0. The van der Waals surface area contributed by atoms with Crippen molar-refractivity contribution in [2.24, 2.45) is 56.7 Å². The van der Waals surface area contributed by atoms with E-state index in [-0.39, 0.29) is 4.87 Å². The van der Waals surface area contributed by atoms with Gasteiger partial charge in [0.1, 0.15) is 0 Å². The summed E-state index contributed by atoms with van der Waals surface area (Å²) >= 11 is 6.81. The van der Waals surface area contributed by atoms with Gasteiger partial charge in [0, 0.05) is 0 Å². The molecule has 0 heterocycles. The van der Waals surface area contributed by atoms with Crippen molar-refractivity contribution in [1.82, 2.24) is 0 Å². The van der Waals surface area contributed by atoms with E-state index < -0.39 is 0 Å². The highest BCUT2D eigenvalue weighted by atomic mass is 35.5. The summed E-state index contributed by atoms with van der Waals surface area (Å²) in [5.74, 6) is 4.48. The van der Waals surface area contributed by atoms with E-state index in [4.69, 9.17) is 18.2 Å². The number of allylic oxidation sites excluding steroid dienone is 5. The van der Waals surface area contributed by atoms with E-state index in [0.29, 0.717) is 27.1 Å². The summed E-state index contributed by atoms with van der Waals surface area (Å²) in [6, 6.07) is 0. The molecule has 7 aliphatic carbocycles. The first kappa shape index (κ1) is 37.6. The van der Waals surface area contributed by atoms with Gasteiger partial charge in [-0.15, -0.1) is 11.6 Å². The molecule has 0 nitrogen and oxygen atoms in total. The Kier molecular flexibility index (Phi) is 10.4. The monoisotopic (exact) mass is 701 g/mol. The fourth-order valence-electron chi connectivity index (χ4n) is 14.2. The summed E-state index contributed by atoms with van der Waals surface area (Å²) in [6.07, 6.45) is 37.9. The highest BCUT2D eigenvalue weighted by Gasteiger charge is 2.54. The molecule has 4 bridgehead atoms. The third-order valence-electron chi connectivity index (χ3n) is 18.1. The summed E-state index contributed by atoms with van der Waals surface area (Å²) in [5, 5.41) is 0. The molecule has 50 heavy (non-hydrogen) atoms. The molecule has 0 aromatic carbocycles. The van der Waals surface area contributed by atoms with Gasteiger partial charge < -0.3 is 0 Å². The first-order chi connectivity index (χ1) is 23.6. The van der Waals surface area contributed by atoms with Gasteiger partial charge in [0.15, 0.2) is 0 Å².